The van der Waals surface area contributed by atoms with E-state index in [2.05, 4.69) is 32.0 Å². The summed E-state index contributed by atoms with van der Waals surface area (Å²) in [7, 11) is -0.303. The first-order valence-electron chi connectivity index (χ1n) is 4.48. The third kappa shape index (κ3) is 2.11. The van der Waals surface area contributed by atoms with Crippen molar-refractivity contribution in [3.05, 3.63) is 24.3 Å². The number of hydrogen-bond acceptors (Lipinski definition) is 1. The van der Waals surface area contributed by atoms with Crippen molar-refractivity contribution in [2.45, 2.75) is 25.9 Å². The fourth-order valence-corrected chi connectivity index (χ4v) is 3.44. The van der Waals surface area contributed by atoms with Crippen LogP contribution in [0.1, 0.15) is 13.8 Å². The summed E-state index contributed by atoms with van der Waals surface area (Å²) in [6, 6.07) is 10.9. The SMILES string of the molecule is CC[Si](CC)c1cccc(N)c1. The molecule has 2 heteroatoms. The van der Waals surface area contributed by atoms with Gasteiger partial charge >= 0.3 is 0 Å². The first-order valence-corrected chi connectivity index (χ1v) is 6.40. The molecule has 0 spiro atoms. The number of anilines is 1. The van der Waals surface area contributed by atoms with E-state index in [0.29, 0.717) is 0 Å². The van der Waals surface area contributed by atoms with Crippen LogP contribution in [0.2, 0.25) is 12.1 Å². The van der Waals surface area contributed by atoms with Crippen LogP contribution in [0.3, 0.4) is 0 Å². The lowest BCUT2D eigenvalue weighted by atomic mass is 10.3. The van der Waals surface area contributed by atoms with E-state index in [1.807, 2.05) is 6.07 Å². The van der Waals surface area contributed by atoms with Gasteiger partial charge < -0.3 is 5.73 Å². The Labute approximate surface area is 76.2 Å². The Balaban J connectivity index is 2.85. The molecule has 0 saturated carbocycles. The summed E-state index contributed by atoms with van der Waals surface area (Å²) in [5, 5.41) is 1.48. The molecule has 2 N–H and O–H groups in total. The Morgan fingerprint density at radius 3 is 2.42 bits per heavy atom. The molecule has 1 rings (SSSR count). The molecule has 1 aromatic carbocycles. The average Bonchev–Trinajstić information content (AvgIpc) is 2.07. The lowest BCUT2D eigenvalue weighted by Crippen LogP contribution is -2.28. The second-order valence-electron chi connectivity index (χ2n) is 2.94. The maximum absolute atomic E-state index is 5.72. The predicted octanol–water partition coefficient (Wildman–Crippen LogP) is 2.01. The summed E-state index contributed by atoms with van der Waals surface area (Å²) < 4.78 is 0. The zero-order valence-corrected chi connectivity index (χ0v) is 8.80. The van der Waals surface area contributed by atoms with Crippen LogP contribution in [0, 0.1) is 0 Å². The van der Waals surface area contributed by atoms with E-state index >= 15 is 0 Å². The molecule has 1 nitrogen and oxygen atoms in total. The molecule has 0 aromatic heterocycles. The Kier molecular flexibility index (Phi) is 3.35. The molecule has 0 saturated heterocycles. The van der Waals surface area contributed by atoms with E-state index in [1.165, 1.54) is 17.3 Å². The second-order valence-corrected chi connectivity index (χ2v) is 6.13. The number of benzene rings is 1. The van der Waals surface area contributed by atoms with E-state index in [9.17, 15) is 0 Å². The Morgan fingerprint density at radius 2 is 1.92 bits per heavy atom. The van der Waals surface area contributed by atoms with E-state index in [0.717, 1.165) is 5.69 Å². The molecule has 1 aromatic rings. The van der Waals surface area contributed by atoms with Gasteiger partial charge in [0, 0.05) is 5.69 Å². The van der Waals surface area contributed by atoms with Crippen molar-refractivity contribution < 1.29 is 0 Å². The van der Waals surface area contributed by atoms with Gasteiger partial charge in [0.1, 0.15) is 0 Å². The molecule has 12 heavy (non-hydrogen) atoms. The van der Waals surface area contributed by atoms with Gasteiger partial charge in [0.15, 0.2) is 0 Å². The third-order valence-corrected chi connectivity index (χ3v) is 4.98. The number of nitrogens with two attached hydrogens (primary N) is 1. The lowest BCUT2D eigenvalue weighted by Gasteiger charge is -2.10. The summed E-state index contributed by atoms with van der Waals surface area (Å²) >= 11 is 0. The summed E-state index contributed by atoms with van der Waals surface area (Å²) in [6.45, 7) is 4.53. The highest BCUT2D eigenvalue weighted by atomic mass is 28.3. The van der Waals surface area contributed by atoms with Gasteiger partial charge in [-0.15, -0.1) is 0 Å². The third-order valence-electron chi connectivity index (χ3n) is 2.15. The minimum atomic E-state index is -0.303. The van der Waals surface area contributed by atoms with Gasteiger partial charge in [-0.05, 0) is 12.1 Å². The highest BCUT2D eigenvalue weighted by molar-refractivity contribution is 6.73. The maximum Gasteiger partial charge on any atom is 0.0851 e. The largest absolute Gasteiger partial charge is 0.399 e. The van der Waals surface area contributed by atoms with Crippen molar-refractivity contribution in [3.8, 4) is 0 Å². The standard InChI is InChI=1S/C10H16NSi/c1-3-12(4-2)10-7-5-6-9(11)8-10/h5-8H,3-4,11H2,1-2H3. The highest BCUT2D eigenvalue weighted by Crippen LogP contribution is 2.03. The van der Waals surface area contributed by atoms with Crippen LogP contribution in [0.25, 0.3) is 0 Å². The van der Waals surface area contributed by atoms with Crippen LogP contribution in [-0.4, -0.2) is 8.80 Å². The average molecular weight is 178 g/mol. The van der Waals surface area contributed by atoms with Gasteiger partial charge in [0.2, 0.25) is 0 Å². The van der Waals surface area contributed by atoms with Crippen LogP contribution >= 0.6 is 0 Å². The topological polar surface area (TPSA) is 26.0 Å². The van der Waals surface area contributed by atoms with Crippen molar-refractivity contribution in [1.82, 2.24) is 0 Å². The Bertz CT molecular complexity index is 243. The summed E-state index contributed by atoms with van der Waals surface area (Å²) in [5.74, 6) is 0. The van der Waals surface area contributed by atoms with Crippen LogP contribution in [0.5, 0.6) is 0 Å². The van der Waals surface area contributed by atoms with Gasteiger partial charge in [-0.1, -0.05) is 43.3 Å². The molecule has 0 unspecified atom stereocenters. The van der Waals surface area contributed by atoms with Crippen LogP contribution in [0.15, 0.2) is 24.3 Å². The van der Waals surface area contributed by atoms with Crippen molar-refractivity contribution >= 4 is 19.7 Å². The zero-order valence-electron chi connectivity index (χ0n) is 7.80. The minimum Gasteiger partial charge on any atom is -0.399 e. The van der Waals surface area contributed by atoms with Gasteiger partial charge in [-0.2, -0.15) is 0 Å². The number of rotatable bonds is 3. The van der Waals surface area contributed by atoms with Gasteiger partial charge in [0.05, 0.1) is 8.80 Å². The van der Waals surface area contributed by atoms with Crippen LogP contribution in [0.4, 0.5) is 5.69 Å². The smallest absolute Gasteiger partial charge is 0.0851 e. The molecule has 1 radical (unpaired) electrons. The Morgan fingerprint density at radius 1 is 1.25 bits per heavy atom. The highest BCUT2D eigenvalue weighted by Gasteiger charge is 2.08. The molecule has 0 aliphatic rings. The monoisotopic (exact) mass is 178 g/mol. The molecule has 65 valence electrons. The van der Waals surface area contributed by atoms with Crippen molar-refractivity contribution in [2.75, 3.05) is 5.73 Å². The van der Waals surface area contributed by atoms with Crippen LogP contribution < -0.4 is 10.9 Å². The summed E-state index contributed by atoms with van der Waals surface area (Å²) in [5.41, 5.74) is 6.62. The summed E-state index contributed by atoms with van der Waals surface area (Å²) in [6.07, 6.45) is 0. The molecule has 0 aliphatic heterocycles. The molecule has 0 atom stereocenters. The molecule has 0 fully saturated rings. The fraction of sp³-hybridized carbons (Fsp3) is 0.400. The van der Waals surface area contributed by atoms with Crippen molar-refractivity contribution in [1.29, 1.82) is 0 Å². The quantitative estimate of drug-likeness (QED) is 0.556. The first-order chi connectivity index (χ1) is 5.77. The Hall–Kier alpha value is -0.763. The predicted molar refractivity (Wildman–Crippen MR) is 57.2 cm³/mol. The van der Waals surface area contributed by atoms with Gasteiger partial charge in [-0.3, -0.25) is 0 Å². The van der Waals surface area contributed by atoms with E-state index in [-0.39, 0.29) is 8.80 Å². The first kappa shape index (κ1) is 9.33. The molecule has 0 heterocycles. The number of nitrogen functional groups attached to an aromatic ring is 1. The molecular formula is C10H16NSi. The maximum atomic E-state index is 5.72. The second kappa shape index (κ2) is 4.31. The molecule has 0 bridgehead atoms. The summed E-state index contributed by atoms with van der Waals surface area (Å²) in [4.78, 5) is 0. The lowest BCUT2D eigenvalue weighted by molar-refractivity contribution is 1.33. The number of hydrogen-bond donors (Lipinski definition) is 1. The van der Waals surface area contributed by atoms with Gasteiger partial charge in [-0.25, -0.2) is 0 Å². The van der Waals surface area contributed by atoms with E-state index in [1.54, 1.807) is 0 Å². The molecule has 0 amide bonds. The normalized spacial score (nSPS) is 10.6. The minimum absolute atomic E-state index is 0.303. The van der Waals surface area contributed by atoms with Gasteiger partial charge in [0.25, 0.3) is 0 Å². The van der Waals surface area contributed by atoms with Crippen molar-refractivity contribution in [2.24, 2.45) is 0 Å². The van der Waals surface area contributed by atoms with E-state index in [4.69, 9.17) is 5.73 Å². The fourth-order valence-electron chi connectivity index (χ4n) is 1.42. The zero-order chi connectivity index (χ0) is 8.97. The molecular weight excluding hydrogens is 162 g/mol. The van der Waals surface area contributed by atoms with Crippen LogP contribution in [-0.2, 0) is 0 Å². The van der Waals surface area contributed by atoms with E-state index < -0.39 is 0 Å². The van der Waals surface area contributed by atoms with Crippen molar-refractivity contribution in [3.63, 3.8) is 0 Å². The molecule has 0 aliphatic carbocycles.